The van der Waals surface area contributed by atoms with Crippen molar-refractivity contribution < 1.29 is 0 Å². The normalized spacial score (nSPS) is 13.1. The summed E-state index contributed by atoms with van der Waals surface area (Å²) in [5.41, 5.74) is 1.24. The monoisotopic (exact) mass is 320 g/mol. The van der Waals surface area contributed by atoms with Crippen molar-refractivity contribution in [3.8, 4) is 0 Å². The fourth-order valence-electron chi connectivity index (χ4n) is 1.35. The van der Waals surface area contributed by atoms with E-state index < -0.39 is 0 Å². The molecule has 0 aliphatic heterocycles. The quantitative estimate of drug-likeness (QED) is 0.646. The zero-order valence-corrected chi connectivity index (χ0v) is 12.9. The van der Waals surface area contributed by atoms with Gasteiger partial charge in [0.2, 0.25) is 0 Å². The van der Waals surface area contributed by atoms with Crippen LogP contribution >= 0.6 is 39.3 Å². The number of rotatable bonds is 6. The number of halogens is 2. The van der Waals surface area contributed by atoms with E-state index in [9.17, 15) is 0 Å². The van der Waals surface area contributed by atoms with Crippen molar-refractivity contribution in [3.05, 3.63) is 34.9 Å². The summed E-state index contributed by atoms with van der Waals surface area (Å²) in [5.74, 6) is 3.68. The first-order valence-electron chi connectivity index (χ1n) is 5.52. The lowest BCUT2D eigenvalue weighted by Crippen LogP contribution is -2.13. The van der Waals surface area contributed by atoms with Gasteiger partial charge in [-0.05, 0) is 29.2 Å². The van der Waals surface area contributed by atoms with Gasteiger partial charge in [-0.15, -0.1) is 0 Å². The smallest absolute Gasteiger partial charge is 0.0446 e. The van der Waals surface area contributed by atoms with Gasteiger partial charge in [0.25, 0.3) is 0 Å². The molecule has 0 fully saturated rings. The molecule has 1 atom stereocenters. The van der Waals surface area contributed by atoms with Crippen molar-refractivity contribution in [2.24, 2.45) is 11.8 Å². The summed E-state index contributed by atoms with van der Waals surface area (Å²) >= 11 is 11.7. The van der Waals surface area contributed by atoms with Gasteiger partial charge in [-0.1, -0.05) is 59.6 Å². The molecule has 0 heterocycles. The topological polar surface area (TPSA) is 0 Å². The first-order valence-corrected chi connectivity index (χ1v) is 8.17. The number of alkyl halides is 1. The van der Waals surface area contributed by atoms with Gasteiger partial charge >= 0.3 is 0 Å². The SMILES string of the molecule is CC(C)C(CBr)CSCc1ccccc1Cl. The van der Waals surface area contributed by atoms with E-state index in [0.717, 1.165) is 27.9 Å². The van der Waals surface area contributed by atoms with Crippen LogP contribution in [0.15, 0.2) is 24.3 Å². The third kappa shape index (κ3) is 4.68. The van der Waals surface area contributed by atoms with E-state index in [1.807, 2.05) is 30.0 Å². The van der Waals surface area contributed by atoms with Crippen LogP contribution in [0.1, 0.15) is 19.4 Å². The standard InChI is InChI=1S/C13H18BrClS/c1-10(2)12(7-14)9-16-8-11-5-3-4-6-13(11)15/h3-6,10,12H,7-9H2,1-2H3. The van der Waals surface area contributed by atoms with E-state index in [1.165, 1.54) is 11.3 Å². The first kappa shape index (κ1) is 14.4. The molecule has 16 heavy (non-hydrogen) atoms. The summed E-state index contributed by atoms with van der Waals surface area (Å²) in [5, 5.41) is 1.97. The predicted molar refractivity (Wildman–Crippen MR) is 79.7 cm³/mol. The van der Waals surface area contributed by atoms with Crippen LogP contribution in [-0.4, -0.2) is 11.1 Å². The van der Waals surface area contributed by atoms with Crippen molar-refractivity contribution in [1.29, 1.82) is 0 Å². The largest absolute Gasteiger partial charge is 0.157 e. The van der Waals surface area contributed by atoms with Crippen LogP contribution in [0.5, 0.6) is 0 Å². The highest BCUT2D eigenvalue weighted by Crippen LogP contribution is 2.25. The van der Waals surface area contributed by atoms with Crippen molar-refractivity contribution in [2.75, 3.05) is 11.1 Å². The molecule has 0 saturated carbocycles. The Hall–Kier alpha value is 0.340. The zero-order valence-electron chi connectivity index (χ0n) is 9.75. The Balaban J connectivity index is 2.38. The molecule has 0 saturated heterocycles. The van der Waals surface area contributed by atoms with Crippen LogP contribution in [0.25, 0.3) is 0 Å². The molecule has 0 amide bonds. The molecule has 0 nitrogen and oxygen atoms in total. The van der Waals surface area contributed by atoms with Gasteiger partial charge in [-0.25, -0.2) is 0 Å². The van der Waals surface area contributed by atoms with E-state index in [4.69, 9.17) is 11.6 Å². The van der Waals surface area contributed by atoms with E-state index in [0.29, 0.717) is 0 Å². The van der Waals surface area contributed by atoms with Crippen LogP contribution in [0.3, 0.4) is 0 Å². The summed E-state index contributed by atoms with van der Waals surface area (Å²) in [4.78, 5) is 0. The summed E-state index contributed by atoms with van der Waals surface area (Å²) in [6, 6.07) is 8.09. The Morgan fingerprint density at radius 2 is 2.00 bits per heavy atom. The molecule has 0 aromatic heterocycles. The fourth-order valence-corrected chi connectivity index (χ4v) is 4.31. The van der Waals surface area contributed by atoms with Gasteiger partial charge in [-0.2, -0.15) is 11.8 Å². The second kappa shape index (κ2) is 7.62. The highest BCUT2D eigenvalue weighted by atomic mass is 79.9. The number of thioether (sulfide) groups is 1. The van der Waals surface area contributed by atoms with E-state index in [-0.39, 0.29) is 0 Å². The minimum Gasteiger partial charge on any atom is -0.157 e. The van der Waals surface area contributed by atoms with Gasteiger partial charge in [0, 0.05) is 16.1 Å². The average molecular weight is 322 g/mol. The molecule has 0 bridgehead atoms. The highest BCUT2D eigenvalue weighted by molar-refractivity contribution is 9.09. The number of hydrogen-bond donors (Lipinski definition) is 0. The number of benzene rings is 1. The second-order valence-electron chi connectivity index (χ2n) is 4.26. The van der Waals surface area contributed by atoms with Gasteiger partial charge < -0.3 is 0 Å². The van der Waals surface area contributed by atoms with Crippen LogP contribution < -0.4 is 0 Å². The van der Waals surface area contributed by atoms with Crippen molar-refractivity contribution >= 4 is 39.3 Å². The van der Waals surface area contributed by atoms with Crippen LogP contribution in [0, 0.1) is 11.8 Å². The molecule has 1 aromatic rings. The van der Waals surface area contributed by atoms with Crippen molar-refractivity contribution in [2.45, 2.75) is 19.6 Å². The summed E-state index contributed by atoms with van der Waals surface area (Å²) in [6.45, 7) is 4.56. The van der Waals surface area contributed by atoms with Gasteiger partial charge in [0.1, 0.15) is 0 Å². The molecule has 1 rings (SSSR count). The predicted octanol–water partition coefficient (Wildman–Crippen LogP) is 5.24. The Bertz CT molecular complexity index is 315. The molecule has 0 aliphatic carbocycles. The van der Waals surface area contributed by atoms with E-state index >= 15 is 0 Å². The Morgan fingerprint density at radius 3 is 2.56 bits per heavy atom. The third-order valence-corrected chi connectivity index (χ3v) is 5.07. The summed E-state index contributed by atoms with van der Waals surface area (Å²) in [7, 11) is 0. The molecule has 0 N–H and O–H groups in total. The zero-order chi connectivity index (χ0) is 12.0. The highest BCUT2D eigenvalue weighted by Gasteiger charge is 2.11. The molecule has 0 spiro atoms. The summed E-state index contributed by atoms with van der Waals surface area (Å²) in [6.07, 6.45) is 0. The molecule has 3 heteroatoms. The van der Waals surface area contributed by atoms with Crippen LogP contribution in [-0.2, 0) is 5.75 Å². The minimum atomic E-state index is 0.734. The van der Waals surface area contributed by atoms with E-state index in [1.54, 1.807) is 0 Å². The molecular formula is C13H18BrClS. The second-order valence-corrected chi connectivity index (χ2v) is 6.35. The van der Waals surface area contributed by atoms with E-state index in [2.05, 4.69) is 35.8 Å². The lowest BCUT2D eigenvalue weighted by atomic mass is 10.0. The van der Waals surface area contributed by atoms with Crippen molar-refractivity contribution in [3.63, 3.8) is 0 Å². The average Bonchev–Trinajstić information content (AvgIpc) is 2.26. The number of hydrogen-bond acceptors (Lipinski definition) is 1. The van der Waals surface area contributed by atoms with Gasteiger partial charge in [0.05, 0.1) is 0 Å². The maximum absolute atomic E-state index is 6.11. The lowest BCUT2D eigenvalue weighted by Gasteiger charge is -2.17. The molecule has 0 aliphatic rings. The molecular weight excluding hydrogens is 304 g/mol. The van der Waals surface area contributed by atoms with Crippen LogP contribution in [0.4, 0.5) is 0 Å². The fraction of sp³-hybridized carbons (Fsp3) is 0.538. The summed E-state index contributed by atoms with van der Waals surface area (Å²) < 4.78 is 0. The first-order chi connectivity index (χ1) is 7.65. The van der Waals surface area contributed by atoms with Gasteiger partial charge in [0.15, 0.2) is 0 Å². The Morgan fingerprint density at radius 1 is 1.31 bits per heavy atom. The van der Waals surface area contributed by atoms with Gasteiger partial charge in [-0.3, -0.25) is 0 Å². The molecule has 1 unspecified atom stereocenters. The maximum Gasteiger partial charge on any atom is 0.0446 e. The lowest BCUT2D eigenvalue weighted by molar-refractivity contribution is 0.474. The third-order valence-electron chi connectivity index (χ3n) is 2.69. The Kier molecular flexibility index (Phi) is 6.86. The molecule has 0 radical (unpaired) electrons. The van der Waals surface area contributed by atoms with Crippen LogP contribution in [0.2, 0.25) is 5.02 Å². The molecule has 1 aromatic carbocycles. The molecule has 90 valence electrons. The minimum absolute atomic E-state index is 0.734. The van der Waals surface area contributed by atoms with Crippen molar-refractivity contribution in [1.82, 2.24) is 0 Å². The maximum atomic E-state index is 6.11. The Labute approximate surface area is 116 Å².